The number of aliphatic carboxylic acids is 1. The van der Waals surface area contributed by atoms with Crippen molar-refractivity contribution in [1.29, 1.82) is 0 Å². The molecular weight excluding hydrogens is 514 g/mol. The number of carboxylic acid groups (broad SMARTS) is 1. The number of benzene rings is 2. The minimum absolute atomic E-state index is 0.0605. The summed E-state index contributed by atoms with van der Waals surface area (Å²) in [5.74, 6) is -1.95. The molecule has 10 nitrogen and oxygen atoms in total. The van der Waals surface area contributed by atoms with Crippen molar-refractivity contribution in [3.63, 3.8) is 0 Å². The van der Waals surface area contributed by atoms with Crippen molar-refractivity contribution >= 4 is 28.7 Å². The van der Waals surface area contributed by atoms with Gasteiger partial charge in [-0.1, -0.05) is 30.3 Å². The fraction of sp³-hybridized carbons (Fsp3) is 0.433. The minimum Gasteiger partial charge on any atom is -0.491 e. The average molecular weight is 552 g/mol. The van der Waals surface area contributed by atoms with Gasteiger partial charge in [0.25, 0.3) is 0 Å². The van der Waals surface area contributed by atoms with Crippen LogP contribution in [0.3, 0.4) is 0 Å². The first-order chi connectivity index (χ1) is 19.4. The normalized spacial score (nSPS) is 16.8. The van der Waals surface area contributed by atoms with E-state index >= 15 is 0 Å². The number of aliphatic hydroxyl groups is 1. The van der Waals surface area contributed by atoms with Gasteiger partial charge in [0.2, 0.25) is 11.8 Å². The second-order valence-corrected chi connectivity index (χ2v) is 9.94. The number of aliphatic hydroxyl groups excluding tert-OH is 1. The highest BCUT2D eigenvalue weighted by Crippen LogP contribution is 2.24. The summed E-state index contributed by atoms with van der Waals surface area (Å²) in [4.78, 5) is 38.1. The predicted octanol–water partition coefficient (Wildman–Crippen LogP) is 2.30. The molecular formula is C30H37N3O7. The number of amides is 2. The van der Waals surface area contributed by atoms with E-state index in [9.17, 15) is 19.5 Å². The molecule has 1 aliphatic heterocycles. The number of aromatic nitrogens is 1. The monoisotopic (exact) mass is 551 g/mol. The predicted molar refractivity (Wildman–Crippen MR) is 149 cm³/mol. The molecule has 3 aromatic rings. The van der Waals surface area contributed by atoms with E-state index in [2.05, 4.69) is 15.2 Å². The van der Waals surface area contributed by atoms with Crippen LogP contribution in [0.4, 0.5) is 0 Å². The molecule has 2 aromatic carbocycles. The lowest BCUT2D eigenvalue weighted by Gasteiger charge is -2.22. The summed E-state index contributed by atoms with van der Waals surface area (Å²) in [5, 5.41) is 25.1. The third kappa shape index (κ3) is 8.06. The molecule has 40 heavy (non-hydrogen) atoms. The summed E-state index contributed by atoms with van der Waals surface area (Å²) in [5.41, 5.74) is 2.99. The van der Waals surface area contributed by atoms with Gasteiger partial charge in [-0.25, -0.2) is 0 Å². The molecule has 4 rings (SSSR count). The number of nitrogens with zero attached hydrogens (tertiary/aromatic N) is 1. The summed E-state index contributed by atoms with van der Waals surface area (Å²) in [7, 11) is 0. The van der Waals surface area contributed by atoms with Gasteiger partial charge in [-0.3, -0.25) is 14.4 Å². The van der Waals surface area contributed by atoms with Gasteiger partial charge >= 0.3 is 5.97 Å². The Morgan fingerprint density at radius 2 is 1.95 bits per heavy atom. The largest absolute Gasteiger partial charge is 0.491 e. The summed E-state index contributed by atoms with van der Waals surface area (Å²) in [6.45, 7) is 2.03. The molecule has 10 heteroatoms. The Morgan fingerprint density at radius 1 is 1.15 bits per heavy atom. The zero-order valence-corrected chi connectivity index (χ0v) is 22.5. The SMILES string of the molecule is O=C(O)C[C@@H](CCCc1ccc(OCCO)cc1)C(=O)NC1Cc2cn(c3ccccc23)CCOCCNC1=O. The maximum atomic E-state index is 13.4. The topological polar surface area (TPSA) is 139 Å². The van der Waals surface area contributed by atoms with Gasteiger partial charge in [-0.2, -0.15) is 0 Å². The number of rotatable bonds is 11. The highest BCUT2D eigenvalue weighted by Gasteiger charge is 2.28. The standard InChI is InChI=1S/C30H37N3O7/c34-14-17-40-24-10-8-21(9-11-24)4-3-5-22(19-28(35)36)29(37)32-26-18-23-20-33(27-7-2-1-6-25(23)27)13-16-39-15-12-31-30(26)38/h1-2,6-11,20,22,26,34H,3-5,12-19H2,(H,31,38)(H,32,37)(H,35,36)/t22-,26?/m1/s1. The van der Waals surface area contributed by atoms with Gasteiger partial charge in [-0.05, 0) is 48.6 Å². The molecule has 1 unspecified atom stereocenters. The number of nitrogens with one attached hydrogen (secondary N) is 2. The summed E-state index contributed by atoms with van der Waals surface area (Å²) >= 11 is 0. The van der Waals surface area contributed by atoms with Crippen molar-refractivity contribution in [2.24, 2.45) is 5.92 Å². The molecule has 2 bridgehead atoms. The van der Waals surface area contributed by atoms with E-state index in [0.717, 1.165) is 22.0 Å². The van der Waals surface area contributed by atoms with E-state index in [4.69, 9.17) is 14.6 Å². The van der Waals surface area contributed by atoms with Crippen LogP contribution in [0, 0.1) is 5.92 Å². The Kier molecular flexibility index (Phi) is 10.5. The lowest BCUT2D eigenvalue weighted by Crippen LogP contribution is -2.50. The van der Waals surface area contributed by atoms with Crippen molar-refractivity contribution in [2.45, 2.75) is 44.7 Å². The molecule has 0 spiro atoms. The average Bonchev–Trinajstić information content (AvgIpc) is 3.30. The van der Waals surface area contributed by atoms with Gasteiger partial charge in [0.1, 0.15) is 18.4 Å². The molecule has 1 aromatic heterocycles. The van der Waals surface area contributed by atoms with Gasteiger partial charge in [0.15, 0.2) is 0 Å². The molecule has 0 saturated heterocycles. The van der Waals surface area contributed by atoms with E-state index in [1.165, 1.54) is 0 Å². The van der Waals surface area contributed by atoms with E-state index in [1.807, 2.05) is 54.7 Å². The fourth-order valence-corrected chi connectivity index (χ4v) is 5.03. The van der Waals surface area contributed by atoms with Crippen molar-refractivity contribution in [3.8, 4) is 5.75 Å². The number of carbonyl (C=O) groups excluding carboxylic acids is 2. The smallest absolute Gasteiger partial charge is 0.304 e. The first-order valence-corrected chi connectivity index (χ1v) is 13.7. The number of fused-ring (bicyclic) bond motifs is 5. The second kappa shape index (κ2) is 14.5. The molecule has 2 atom stereocenters. The van der Waals surface area contributed by atoms with Crippen molar-refractivity contribution in [2.75, 3.05) is 33.0 Å². The third-order valence-corrected chi connectivity index (χ3v) is 7.04. The summed E-state index contributed by atoms with van der Waals surface area (Å²) in [6.07, 6.45) is 3.59. The Morgan fingerprint density at radius 3 is 2.73 bits per heavy atom. The van der Waals surface area contributed by atoms with Crippen LogP contribution in [0.25, 0.3) is 10.9 Å². The minimum atomic E-state index is -1.06. The highest BCUT2D eigenvalue weighted by molar-refractivity contribution is 5.91. The summed E-state index contributed by atoms with van der Waals surface area (Å²) < 4.78 is 13.1. The Labute approximate surface area is 233 Å². The molecule has 1 aliphatic rings. The number of hydrogen-bond acceptors (Lipinski definition) is 6. The lowest BCUT2D eigenvalue weighted by atomic mass is 9.94. The molecule has 0 fully saturated rings. The van der Waals surface area contributed by atoms with E-state index < -0.39 is 23.8 Å². The van der Waals surface area contributed by atoms with E-state index in [1.54, 1.807) is 0 Å². The Balaban J connectivity index is 1.44. The van der Waals surface area contributed by atoms with Crippen LogP contribution < -0.4 is 15.4 Å². The van der Waals surface area contributed by atoms with Crippen LogP contribution in [0.5, 0.6) is 5.75 Å². The highest BCUT2D eigenvalue weighted by atomic mass is 16.5. The van der Waals surface area contributed by atoms with Crippen LogP contribution in [0.2, 0.25) is 0 Å². The number of para-hydroxylation sites is 1. The second-order valence-electron chi connectivity index (χ2n) is 9.94. The van der Waals surface area contributed by atoms with E-state index in [-0.39, 0.29) is 32.0 Å². The van der Waals surface area contributed by atoms with Crippen LogP contribution >= 0.6 is 0 Å². The lowest BCUT2D eigenvalue weighted by molar-refractivity contribution is -0.141. The van der Waals surface area contributed by atoms with Crippen LogP contribution in [0.15, 0.2) is 54.7 Å². The zero-order chi connectivity index (χ0) is 28.3. The van der Waals surface area contributed by atoms with Crippen LogP contribution in [-0.2, 0) is 38.5 Å². The number of carboxylic acids is 1. The molecule has 0 radical (unpaired) electrons. The number of carbonyl (C=O) groups is 3. The van der Waals surface area contributed by atoms with Gasteiger partial charge < -0.3 is 34.9 Å². The molecule has 4 N–H and O–H groups in total. The van der Waals surface area contributed by atoms with Crippen LogP contribution in [-0.4, -0.2) is 71.6 Å². The molecule has 2 amide bonds. The first-order valence-electron chi connectivity index (χ1n) is 13.7. The number of aryl methyl sites for hydroxylation is 1. The number of ether oxygens (including phenoxy) is 2. The van der Waals surface area contributed by atoms with Crippen LogP contribution in [0.1, 0.15) is 30.4 Å². The van der Waals surface area contributed by atoms with Crippen molar-refractivity contribution < 1.29 is 34.1 Å². The summed E-state index contributed by atoms with van der Waals surface area (Å²) in [6, 6.07) is 14.5. The van der Waals surface area contributed by atoms with Crippen molar-refractivity contribution in [1.82, 2.24) is 15.2 Å². The van der Waals surface area contributed by atoms with Gasteiger partial charge in [0, 0.05) is 42.5 Å². The fourth-order valence-electron chi connectivity index (χ4n) is 5.03. The third-order valence-electron chi connectivity index (χ3n) is 7.04. The van der Waals surface area contributed by atoms with E-state index in [0.29, 0.717) is 51.3 Å². The van der Waals surface area contributed by atoms with Crippen molar-refractivity contribution in [3.05, 3.63) is 65.9 Å². The molecule has 214 valence electrons. The maximum absolute atomic E-state index is 13.4. The maximum Gasteiger partial charge on any atom is 0.304 e. The zero-order valence-electron chi connectivity index (χ0n) is 22.5. The molecule has 0 saturated carbocycles. The Bertz CT molecular complexity index is 1290. The quantitative estimate of drug-likeness (QED) is 0.287. The first kappa shape index (κ1) is 29.1. The molecule has 0 aliphatic carbocycles. The van der Waals surface area contributed by atoms with Gasteiger partial charge in [0.05, 0.1) is 26.2 Å². The number of hydrogen-bond donors (Lipinski definition) is 4. The van der Waals surface area contributed by atoms with Gasteiger partial charge in [-0.15, -0.1) is 0 Å². The Hall–Kier alpha value is -3.89. The molecule has 2 heterocycles.